The van der Waals surface area contributed by atoms with Crippen LogP contribution in [0.15, 0.2) is 48.7 Å². The lowest BCUT2D eigenvalue weighted by Crippen LogP contribution is -2.13. The molecule has 0 aliphatic heterocycles. The number of nitrogens with one attached hydrogen (secondary N) is 1. The van der Waals surface area contributed by atoms with E-state index in [9.17, 15) is 4.79 Å². The monoisotopic (exact) mass is 521 g/mol. The Morgan fingerprint density at radius 2 is 1.67 bits per heavy atom. The number of benzene rings is 2. The van der Waals surface area contributed by atoms with Crippen molar-refractivity contribution < 1.29 is 4.79 Å². The Labute approximate surface area is 211 Å². The molecule has 0 saturated heterocycles. The molecule has 2 aromatic carbocycles. The summed E-state index contributed by atoms with van der Waals surface area (Å²) in [6.45, 7) is 4.74. The fraction of sp³-hybridized carbons (Fsp3) is 0.174. The van der Waals surface area contributed by atoms with E-state index in [2.05, 4.69) is 15.5 Å². The molecule has 170 valence electrons. The van der Waals surface area contributed by atoms with Crippen molar-refractivity contribution in [3.8, 4) is 0 Å². The summed E-state index contributed by atoms with van der Waals surface area (Å²) in [6, 6.07) is 12.5. The van der Waals surface area contributed by atoms with Gasteiger partial charge in [-0.25, -0.2) is 0 Å². The van der Waals surface area contributed by atoms with Crippen LogP contribution in [0.4, 0.5) is 5.82 Å². The topological polar surface area (TPSA) is 64.7 Å². The maximum absolute atomic E-state index is 12.7. The van der Waals surface area contributed by atoms with Crippen LogP contribution < -0.4 is 5.32 Å². The summed E-state index contributed by atoms with van der Waals surface area (Å²) in [4.78, 5) is 12.7. The summed E-state index contributed by atoms with van der Waals surface area (Å²) in [6.07, 6.45) is 1.63. The minimum Gasteiger partial charge on any atom is -0.304 e. The van der Waals surface area contributed by atoms with E-state index in [1.54, 1.807) is 35.1 Å². The summed E-state index contributed by atoms with van der Waals surface area (Å²) in [7, 11) is 0. The lowest BCUT2D eigenvalue weighted by atomic mass is 10.1. The Morgan fingerprint density at radius 1 is 0.939 bits per heavy atom. The number of carbonyl (C=O) groups is 1. The minimum atomic E-state index is -0.313. The second-order valence-corrected chi connectivity index (χ2v) is 9.18. The van der Waals surface area contributed by atoms with Crippen molar-refractivity contribution in [1.29, 1.82) is 0 Å². The number of hydrogen-bond donors (Lipinski definition) is 1. The van der Waals surface area contributed by atoms with E-state index in [1.165, 1.54) is 0 Å². The first-order chi connectivity index (χ1) is 15.7. The Kier molecular flexibility index (Phi) is 7.00. The largest absolute Gasteiger partial charge is 0.304 e. The maximum atomic E-state index is 12.7. The van der Waals surface area contributed by atoms with Crippen LogP contribution in [0.25, 0.3) is 0 Å². The van der Waals surface area contributed by atoms with Crippen molar-refractivity contribution in [2.45, 2.75) is 26.9 Å². The molecule has 2 aromatic heterocycles. The average Bonchev–Trinajstić information content (AvgIpc) is 3.24. The fourth-order valence-corrected chi connectivity index (χ4v) is 4.13. The van der Waals surface area contributed by atoms with Crippen LogP contribution in [-0.2, 0) is 13.1 Å². The van der Waals surface area contributed by atoms with Gasteiger partial charge in [-0.2, -0.15) is 10.2 Å². The van der Waals surface area contributed by atoms with Crippen LogP contribution in [0, 0.1) is 13.8 Å². The molecule has 4 rings (SSSR count). The van der Waals surface area contributed by atoms with E-state index in [4.69, 9.17) is 46.4 Å². The molecule has 0 fully saturated rings. The van der Waals surface area contributed by atoms with Gasteiger partial charge in [0, 0.05) is 21.8 Å². The number of hydrogen-bond acceptors (Lipinski definition) is 3. The van der Waals surface area contributed by atoms with E-state index < -0.39 is 0 Å². The predicted octanol–water partition coefficient (Wildman–Crippen LogP) is 6.66. The third-order valence-electron chi connectivity index (χ3n) is 5.14. The molecule has 1 amide bonds. The zero-order valence-electron chi connectivity index (χ0n) is 17.7. The van der Waals surface area contributed by atoms with Crippen molar-refractivity contribution in [3.05, 3.63) is 96.8 Å². The van der Waals surface area contributed by atoms with Crippen LogP contribution in [0.1, 0.15) is 32.9 Å². The maximum Gasteiger partial charge on any atom is 0.256 e. The Hall–Kier alpha value is -2.51. The van der Waals surface area contributed by atoms with E-state index in [0.717, 1.165) is 22.5 Å². The second-order valence-electron chi connectivity index (χ2n) is 7.55. The van der Waals surface area contributed by atoms with Crippen LogP contribution in [0.5, 0.6) is 0 Å². The predicted molar refractivity (Wildman–Crippen MR) is 133 cm³/mol. The fourth-order valence-electron chi connectivity index (χ4n) is 3.33. The van der Waals surface area contributed by atoms with Gasteiger partial charge >= 0.3 is 0 Å². The van der Waals surface area contributed by atoms with Crippen molar-refractivity contribution in [2.24, 2.45) is 0 Å². The molecular formula is C23H19Cl4N5O. The summed E-state index contributed by atoms with van der Waals surface area (Å²) >= 11 is 24.7. The summed E-state index contributed by atoms with van der Waals surface area (Å²) < 4.78 is 3.45. The molecule has 33 heavy (non-hydrogen) atoms. The SMILES string of the molecule is Cc1nn(Cc2ccc(C(=O)Nc3nn(Cc4ccc(Cl)cc4Cl)cc3Cl)cc2)c(C)c1Cl. The average molecular weight is 523 g/mol. The number of rotatable bonds is 6. The van der Waals surface area contributed by atoms with Crippen molar-refractivity contribution >= 4 is 58.1 Å². The first-order valence-electron chi connectivity index (χ1n) is 9.98. The lowest BCUT2D eigenvalue weighted by molar-refractivity contribution is 0.102. The number of aryl methyl sites for hydroxylation is 1. The molecular weight excluding hydrogens is 504 g/mol. The van der Waals surface area contributed by atoms with Crippen LogP contribution in [-0.4, -0.2) is 25.5 Å². The summed E-state index contributed by atoms with van der Waals surface area (Å²) in [5, 5.41) is 13.6. The van der Waals surface area contributed by atoms with Crippen molar-refractivity contribution in [1.82, 2.24) is 19.6 Å². The van der Waals surface area contributed by atoms with Gasteiger partial charge < -0.3 is 5.32 Å². The zero-order valence-corrected chi connectivity index (χ0v) is 20.8. The Morgan fingerprint density at radius 3 is 2.30 bits per heavy atom. The van der Waals surface area contributed by atoms with Gasteiger partial charge in [-0.05, 0) is 49.2 Å². The summed E-state index contributed by atoms with van der Waals surface area (Å²) in [5.41, 5.74) is 4.01. The molecule has 0 aliphatic rings. The van der Waals surface area contributed by atoms with Gasteiger partial charge in [-0.1, -0.05) is 64.6 Å². The molecule has 4 aromatic rings. The molecule has 10 heteroatoms. The molecule has 6 nitrogen and oxygen atoms in total. The molecule has 0 bridgehead atoms. The molecule has 1 N–H and O–H groups in total. The molecule has 2 heterocycles. The van der Waals surface area contributed by atoms with Crippen LogP contribution in [0.3, 0.4) is 0 Å². The highest BCUT2D eigenvalue weighted by Gasteiger charge is 2.14. The summed E-state index contributed by atoms with van der Waals surface area (Å²) in [5.74, 6) is -0.0412. The highest BCUT2D eigenvalue weighted by molar-refractivity contribution is 6.35. The Balaban J connectivity index is 1.43. The van der Waals surface area contributed by atoms with Gasteiger partial charge in [-0.15, -0.1) is 0 Å². The van der Waals surface area contributed by atoms with Gasteiger partial charge in [0.05, 0.1) is 29.5 Å². The number of nitrogens with zero attached hydrogens (tertiary/aromatic N) is 4. The van der Waals surface area contributed by atoms with Gasteiger partial charge in [0.2, 0.25) is 0 Å². The lowest BCUT2D eigenvalue weighted by Gasteiger charge is -2.07. The number of carbonyl (C=O) groups excluding carboxylic acids is 1. The number of halogens is 4. The standard InChI is InChI=1S/C23H19Cl4N5O/c1-13-21(27)14(2)32(29-13)10-15-3-5-16(6-4-15)23(33)28-22-20(26)12-31(30-22)11-17-7-8-18(24)9-19(17)25/h3-9,12H,10-11H2,1-2H3,(H,28,30,33). The zero-order chi connectivity index (χ0) is 23.7. The molecule has 0 atom stereocenters. The van der Waals surface area contributed by atoms with Gasteiger partial charge in [0.15, 0.2) is 5.82 Å². The smallest absolute Gasteiger partial charge is 0.256 e. The van der Waals surface area contributed by atoms with Crippen LogP contribution >= 0.6 is 46.4 Å². The quantitative estimate of drug-likeness (QED) is 0.308. The van der Waals surface area contributed by atoms with Gasteiger partial charge in [0.25, 0.3) is 5.91 Å². The normalized spacial score (nSPS) is 11.1. The third-order valence-corrected chi connectivity index (χ3v) is 6.55. The number of anilines is 1. The van der Waals surface area contributed by atoms with E-state index in [-0.39, 0.29) is 11.7 Å². The van der Waals surface area contributed by atoms with Gasteiger partial charge in [-0.3, -0.25) is 14.2 Å². The molecule has 0 unspecified atom stereocenters. The van der Waals surface area contributed by atoms with Crippen LogP contribution in [0.2, 0.25) is 20.1 Å². The van der Waals surface area contributed by atoms with E-state index in [1.807, 2.05) is 36.7 Å². The van der Waals surface area contributed by atoms with E-state index >= 15 is 0 Å². The molecule has 0 radical (unpaired) electrons. The molecule has 0 spiro atoms. The molecule has 0 saturated carbocycles. The first kappa shape index (κ1) is 23.6. The second kappa shape index (κ2) is 9.77. The minimum absolute atomic E-state index is 0.271. The van der Waals surface area contributed by atoms with Crippen molar-refractivity contribution in [3.63, 3.8) is 0 Å². The Bertz CT molecular complexity index is 1330. The van der Waals surface area contributed by atoms with Gasteiger partial charge in [0.1, 0.15) is 5.02 Å². The first-order valence-corrected chi connectivity index (χ1v) is 11.5. The van der Waals surface area contributed by atoms with E-state index in [0.29, 0.717) is 38.7 Å². The number of amides is 1. The highest BCUT2D eigenvalue weighted by Crippen LogP contribution is 2.25. The van der Waals surface area contributed by atoms with Crippen molar-refractivity contribution in [2.75, 3.05) is 5.32 Å². The molecule has 0 aliphatic carbocycles. The number of aromatic nitrogens is 4. The highest BCUT2D eigenvalue weighted by atomic mass is 35.5. The third kappa shape index (κ3) is 5.36.